The maximum atomic E-state index is 5.59. The van der Waals surface area contributed by atoms with Gasteiger partial charge in [-0.15, -0.1) is 0 Å². The largest absolute Gasteiger partial charge is 0.494 e. The van der Waals surface area contributed by atoms with E-state index in [-0.39, 0.29) is 0 Å². The second-order valence-electron chi connectivity index (χ2n) is 4.08. The van der Waals surface area contributed by atoms with Gasteiger partial charge in [0.15, 0.2) is 0 Å². The highest BCUT2D eigenvalue weighted by Crippen LogP contribution is 2.18. The van der Waals surface area contributed by atoms with Crippen LogP contribution >= 0.6 is 0 Å². The quantitative estimate of drug-likeness (QED) is 0.604. The smallest absolute Gasteiger partial charge is 0.119 e. The molecule has 94 valence electrons. The van der Waals surface area contributed by atoms with Crippen LogP contribution in [0.2, 0.25) is 0 Å². The first kappa shape index (κ1) is 12.4. The zero-order chi connectivity index (χ0) is 12.6. The van der Waals surface area contributed by atoms with Gasteiger partial charge < -0.3 is 9.72 Å². The molecule has 3 nitrogen and oxygen atoms in total. The van der Waals surface area contributed by atoms with E-state index in [0.717, 1.165) is 36.6 Å². The van der Waals surface area contributed by atoms with Crippen LogP contribution in [0.4, 0.5) is 5.69 Å². The van der Waals surface area contributed by atoms with Crippen molar-refractivity contribution in [3.63, 3.8) is 0 Å². The maximum absolute atomic E-state index is 5.59. The summed E-state index contributed by atoms with van der Waals surface area (Å²) in [4.78, 5) is 7.45. The Labute approximate surface area is 108 Å². The Kier molecular flexibility index (Phi) is 4.59. The third-order valence-electron chi connectivity index (χ3n) is 2.58. The molecule has 2 aromatic rings. The number of benzene rings is 1. The predicted molar refractivity (Wildman–Crippen MR) is 74.9 cm³/mol. The lowest BCUT2D eigenvalue weighted by Crippen LogP contribution is -1.95. The normalized spacial score (nSPS) is 10.9. The molecule has 0 aliphatic rings. The first-order valence-electron chi connectivity index (χ1n) is 6.29. The number of hydrogen-bond acceptors (Lipinski definition) is 2. The van der Waals surface area contributed by atoms with Gasteiger partial charge in [0.2, 0.25) is 0 Å². The number of aliphatic imine (C=N–C) groups is 1. The fourth-order valence-electron chi connectivity index (χ4n) is 1.53. The molecule has 0 saturated carbocycles. The Morgan fingerprint density at radius 1 is 1.22 bits per heavy atom. The van der Waals surface area contributed by atoms with Gasteiger partial charge in [-0.2, -0.15) is 0 Å². The van der Waals surface area contributed by atoms with Gasteiger partial charge in [0.25, 0.3) is 0 Å². The Morgan fingerprint density at radius 3 is 2.72 bits per heavy atom. The van der Waals surface area contributed by atoms with Crippen molar-refractivity contribution in [2.24, 2.45) is 4.99 Å². The molecule has 2 rings (SSSR count). The fraction of sp³-hybridized carbons (Fsp3) is 0.267. The van der Waals surface area contributed by atoms with Crippen LogP contribution in [0, 0.1) is 0 Å². The molecule has 1 N–H and O–H groups in total. The molecule has 3 heteroatoms. The summed E-state index contributed by atoms with van der Waals surface area (Å²) >= 11 is 0. The number of hydrogen-bond donors (Lipinski definition) is 1. The summed E-state index contributed by atoms with van der Waals surface area (Å²) in [5, 5.41) is 0. The lowest BCUT2D eigenvalue weighted by atomic mass is 10.3. The number of ether oxygens (including phenoxy) is 1. The van der Waals surface area contributed by atoms with E-state index >= 15 is 0 Å². The van der Waals surface area contributed by atoms with E-state index < -0.39 is 0 Å². The Hall–Kier alpha value is -2.03. The van der Waals surface area contributed by atoms with E-state index in [1.165, 1.54) is 0 Å². The lowest BCUT2D eigenvalue weighted by molar-refractivity contribution is 0.309. The molecule has 0 spiro atoms. The standard InChI is InChI=1S/C15H18N2O/c1-2-3-11-18-15-8-6-13(7-9-15)17-12-14-5-4-10-16-14/h4-10,12,16H,2-3,11H2,1H3. The Balaban J connectivity index is 1.91. The van der Waals surface area contributed by atoms with Crippen molar-refractivity contribution in [2.45, 2.75) is 19.8 Å². The van der Waals surface area contributed by atoms with E-state index in [1.54, 1.807) is 0 Å². The average Bonchev–Trinajstić information content (AvgIpc) is 2.91. The predicted octanol–water partition coefficient (Wildman–Crippen LogP) is 3.94. The number of aromatic amines is 1. The lowest BCUT2D eigenvalue weighted by Gasteiger charge is -2.04. The van der Waals surface area contributed by atoms with Gasteiger partial charge in [0.05, 0.1) is 24.2 Å². The van der Waals surface area contributed by atoms with Crippen molar-refractivity contribution < 1.29 is 4.74 Å². The van der Waals surface area contributed by atoms with Crippen LogP contribution < -0.4 is 4.74 Å². The SMILES string of the molecule is CCCCOc1ccc(N=Cc2ccc[nH]2)cc1. The van der Waals surface area contributed by atoms with Crippen molar-refractivity contribution in [3.05, 3.63) is 48.3 Å². The first-order valence-corrected chi connectivity index (χ1v) is 6.29. The molecule has 1 aromatic carbocycles. The Bertz CT molecular complexity index is 472. The molecular formula is C15H18N2O. The van der Waals surface area contributed by atoms with Crippen LogP contribution in [0.1, 0.15) is 25.5 Å². The summed E-state index contributed by atoms with van der Waals surface area (Å²) < 4.78 is 5.59. The number of H-pyrrole nitrogens is 1. The van der Waals surface area contributed by atoms with Gasteiger partial charge >= 0.3 is 0 Å². The zero-order valence-corrected chi connectivity index (χ0v) is 10.6. The molecule has 0 saturated heterocycles. The number of nitrogens with one attached hydrogen (secondary N) is 1. The summed E-state index contributed by atoms with van der Waals surface area (Å²) in [5.74, 6) is 0.905. The van der Waals surface area contributed by atoms with Crippen LogP contribution in [0.3, 0.4) is 0 Å². The van der Waals surface area contributed by atoms with E-state index in [2.05, 4.69) is 16.9 Å². The minimum atomic E-state index is 0.779. The van der Waals surface area contributed by atoms with Gasteiger partial charge in [-0.1, -0.05) is 13.3 Å². The van der Waals surface area contributed by atoms with E-state index in [1.807, 2.05) is 48.8 Å². The number of aromatic nitrogens is 1. The number of nitrogens with zero attached hydrogens (tertiary/aromatic N) is 1. The summed E-state index contributed by atoms with van der Waals surface area (Å²) in [6, 6.07) is 11.8. The second kappa shape index (κ2) is 6.64. The molecule has 0 aliphatic heterocycles. The first-order chi connectivity index (χ1) is 8.88. The molecule has 1 heterocycles. The average molecular weight is 242 g/mol. The molecule has 0 unspecified atom stereocenters. The summed E-state index contributed by atoms with van der Waals surface area (Å²) in [5.41, 5.74) is 1.92. The maximum Gasteiger partial charge on any atom is 0.119 e. The Morgan fingerprint density at radius 2 is 2.06 bits per heavy atom. The fourth-order valence-corrected chi connectivity index (χ4v) is 1.53. The number of unbranched alkanes of at least 4 members (excludes halogenated alkanes) is 1. The summed E-state index contributed by atoms with van der Waals surface area (Å²) in [6.07, 6.45) is 5.93. The van der Waals surface area contributed by atoms with E-state index in [4.69, 9.17) is 4.74 Å². The third-order valence-corrected chi connectivity index (χ3v) is 2.58. The molecular weight excluding hydrogens is 224 g/mol. The molecule has 0 atom stereocenters. The van der Waals surface area contributed by atoms with Crippen molar-refractivity contribution in [2.75, 3.05) is 6.61 Å². The van der Waals surface area contributed by atoms with Crippen LogP contribution in [0.5, 0.6) is 5.75 Å². The minimum Gasteiger partial charge on any atom is -0.494 e. The minimum absolute atomic E-state index is 0.779. The molecule has 0 amide bonds. The van der Waals surface area contributed by atoms with Gasteiger partial charge in [-0.05, 0) is 42.8 Å². The summed E-state index contributed by atoms with van der Waals surface area (Å²) in [7, 11) is 0. The number of rotatable bonds is 6. The third kappa shape index (κ3) is 3.77. The topological polar surface area (TPSA) is 37.4 Å². The molecule has 0 radical (unpaired) electrons. The van der Waals surface area contributed by atoms with Gasteiger partial charge in [0, 0.05) is 6.20 Å². The monoisotopic (exact) mass is 242 g/mol. The van der Waals surface area contributed by atoms with E-state index in [0.29, 0.717) is 0 Å². The van der Waals surface area contributed by atoms with Crippen LogP contribution in [0.15, 0.2) is 47.6 Å². The highest BCUT2D eigenvalue weighted by atomic mass is 16.5. The van der Waals surface area contributed by atoms with Gasteiger partial charge in [-0.3, -0.25) is 4.99 Å². The molecule has 1 aromatic heterocycles. The van der Waals surface area contributed by atoms with Gasteiger partial charge in [0.1, 0.15) is 5.75 Å². The summed E-state index contributed by atoms with van der Waals surface area (Å²) in [6.45, 7) is 2.93. The van der Waals surface area contributed by atoms with Crippen LogP contribution in [0.25, 0.3) is 0 Å². The van der Waals surface area contributed by atoms with Crippen molar-refractivity contribution >= 4 is 11.9 Å². The highest BCUT2D eigenvalue weighted by molar-refractivity contribution is 5.79. The second-order valence-corrected chi connectivity index (χ2v) is 4.08. The molecule has 0 fully saturated rings. The molecule has 0 aliphatic carbocycles. The molecule has 18 heavy (non-hydrogen) atoms. The highest BCUT2D eigenvalue weighted by Gasteiger charge is 1.94. The van der Waals surface area contributed by atoms with Crippen molar-refractivity contribution in [1.29, 1.82) is 0 Å². The van der Waals surface area contributed by atoms with Crippen LogP contribution in [-0.4, -0.2) is 17.8 Å². The van der Waals surface area contributed by atoms with Crippen molar-refractivity contribution in [1.82, 2.24) is 4.98 Å². The zero-order valence-electron chi connectivity index (χ0n) is 10.6. The van der Waals surface area contributed by atoms with Crippen LogP contribution in [-0.2, 0) is 0 Å². The molecule has 0 bridgehead atoms. The van der Waals surface area contributed by atoms with E-state index in [9.17, 15) is 0 Å². The van der Waals surface area contributed by atoms with Crippen molar-refractivity contribution in [3.8, 4) is 5.75 Å². The van der Waals surface area contributed by atoms with Gasteiger partial charge in [-0.25, -0.2) is 0 Å².